The Kier molecular flexibility index (Phi) is 9.28. The van der Waals surface area contributed by atoms with E-state index in [4.69, 9.17) is 0 Å². The molecule has 2 atom stereocenters. The number of para-hydroxylation sites is 1. The molecule has 0 radical (unpaired) electrons. The SMILES string of the molecule is CC(C)CN1C(=O)[C@H](CC(=O)N2CCC(N3CCc4ccccc4NC3=O)CC2)SC1c1ccccc1C1CCNCC1. The fourth-order valence-electron chi connectivity index (χ4n) is 7.24. The number of thioether (sulfide) groups is 1. The molecular formula is C34H45N5O3S. The van der Waals surface area contributed by atoms with E-state index in [1.807, 2.05) is 32.9 Å². The predicted molar refractivity (Wildman–Crippen MR) is 172 cm³/mol. The summed E-state index contributed by atoms with van der Waals surface area (Å²) in [6.45, 7) is 8.95. The molecule has 2 aromatic carbocycles. The molecule has 2 aromatic rings. The number of fused-ring (bicyclic) bond motifs is 1. The smallest absolute Gasteiger partial charge is 0.322 e. The second-order valence-corrected chi connectivity index (χ2v) is 14.1. The Morgan fingerprint density at radius 3 is 2.37 bits per heavy atom. The summed E-state index contributed by atoms with van der Waals surface area (Å²) in [5.41, 5.74) is 4.65. The number of likely N-dealkylation sites (tertiary alicyclic amines) is 1. The van der Waals surface area contributed by atoms with E-state index in [-0.39, 0.29) is 40.9 Å². The van der Waals surface area contributed by atoms with Gasteiger partial charge in [-0.25, -0.2) is 4.79 Å². The fraction of sp³-hybridized carbons (Fsp3) is 0.559. The van der Waals surface area contributed by atoms with Gasteiger partial charge in [-0.1, -0.05) is 56.3 Å². The highest BCUT2D eigenvalue weighted by molar-refractivity contribution is 8.01. The van der Waals surface area contributed by atoms with Gasteiger partial charge in [0.05, 0.1) is 5.25 Å². The minimum absolute atomic E-state index is 0.0498. The molecule has 0 spiro atoms. The van der Waals surface area contributed by atoms with Crippen molar-refractivity contribution in [3.8, 4) is 0 Å². The van der Waals surface area contributed by atoms with Gasteiger partial charge in [0.15, 0.2) is 0 Å². The number of hydrogen-bond acceptors (Lipinski definition) is 5. The molecule has 8 nitrogen and oxygen atoms in total. The third-order valence-corrected chi connectivity index (χ3v) is 11.0. The monoisotopic (exact) mass is 603 g/mol. The van der Waals surface area contributed by atoms with Crippen molar-refractivity contribution in [3.63, 3.8) is 0 Å². The Bertz CT molecular complexity index is 1320. The number of nitrogens with zero attached hydrogens (tertiary/aromatic N) is 3. The van der Waals surface area contributed by atoms with Gasteiger partial charge in [0.25, 0.3) is 0 Å². The maximum atomic E-state index is 13.8. The number of urea groups is 1. The number of anilines is 1. The second-order valence-electron chi connectivity index (χ2n) is 12.9. The third kappa shape index (κ3) is 6.58. The minimum Gasteiger partial charge on any atom is -0.342 e. The van der Waals surface area contributed by atoms with Gasteiger partial charge in [-0.2, -0.15) is 0 Å². The molecule has 4 amide bonds. The quantitative estimate of drug-likeness (QED) is 0.453. The lowest BCUT2D eigenvalue weighted by molar-refractivity contribution is -0.137. The number of carbonyl (C=O) groups excluding carboxylic acids is 3. The zero-order valence-electron chi connectivity index (χ0n) is 25.5. The molecule has 230 valence electrons. The summed E-state index contributed by atoms with van der Waals surface area (Å²) < 4.78 is 0. The van der Waals surface area contributed by atoms with Crippen molar-refractivity contribution in [2.45, 2.75) is 75.0 Å². The first kappa shape index (κ1) is 30.0. The first-order valence-electron chi connectivity index (χ1n) is 16.1. The molecule has 0 aromatic heterocycles. The van der Waals surface area contributed by atoms with Gasteiger partial charge < -0.3 is 25.3 Å². The van der Waals surface area contributed by atoms with Crippen LogP contribution >= 0.6 is 11.8 Å². The van der Waals surface area contributed by atoms with Gasteiger partial charge in [0.1, 0.15) is 5.37 Å². The van der Waals surface area contributed by atoms with Crippen molar-refractivity contribution in [1.82, 2.24) is 20.0 Å². The molecular weight excluding hydrogens is 558 g/mol. The van der Waals surface area contributed by atoms with Crippen LogP contribution in [0.2, 0.25) is 0 Å². The summed E-state index contributed by atoms with van der Waals surface area (Å²) in [4.78, 5) is 46.3. The van der Waals surface area contributed by atoms with E-state index in [1.54, 1.807) is 11.8 Å². The largest absolute Gasteiger partial charge is 0.342 e. The minimum atomic E-state index is -0.370. The van der Waals surface area contributed by atoms with Crippen LogP contribution in [0.15, 0.2) is 48.5 Å². The lowest BCUT2D eigenvalue weighted by atomic mass is 9.87. The number of benzene rings is 2. The molecule has 0 saturated carbocycles. The molecule has 6 rings (SSSR count). The van der Waals surface area contributed by atoms with Crippen molar-refractivity contribution in [3.05, 3.63) is 65.2 Å². The van der Waals surface area contributed by atoms with Gasteiger partial charge in [0.2, 0.25) is 11.8 Å². The Balaban J connectivity index is 1.09. The molecule has 0 bridgehead atoms. The Morgan fingerprint density at radius 2 is 1.63 bits per heavy atom. The highest BCUT2D eigenvalue weighted by atomic mass is 32.2. The van der Waals surface area contributed by atoms with Crippen molar-refractivity contribution >= 4 is 35.3 Å². The predicted octanol–water partition coefficient (Wildman–Crippen LogP) is 5.22. The summed E-state index contributed by atoms with van der Waals surface area (Å²) in [5.74, 6) is 0.980. The average molecular weight is 604 g/mol. The van der Waals surface area contributed by atoms with E-state index < -0.39 is 0 Å². The summed E-state index contributed by atoms with van der Waals surface area (Å²) in [6.07, 6.45) is 4.78. The Labute approximate surface area is 259 Å². The lowest BCUT2D eigenvalue weighted by Gasteiger charge is -2.38. The van der Waals surface area contributed by atoms with Gasteiger partial charge in [-0.3, -0.25) is 9.59 Å². The van der Waals surface area contributed by atoms with Crippen LogP contribution in [-0.4, -0.2) is 83.1 Å². The van der Waals surface area contributed by atoms with Gasteiger partial charge in [0, 0.05) is 44.3 Å². The van der Waals surface area contributed by atoms with Crippen LogP contribution in [0.5, 0.6) is 0 Å². The summed E-state index contributed by atoms with van der Waals surface area (Å²) in [7, 11) is 0. The van der Waals surface area contributed by atoms with Crippen LogP contribution in [-0.2, 0) is 16.0 Å². The van der Waals surface area contributed by atoms with Gasteiger partial charge >= 0.3 is 6.03 Å². The van der Waals surface area contributed by atoms with E-state index in [2.05, 4.69) is 54.8 Å². The number of carbonyl (C=O) groups is 3. The maximum absolute atomic E-state index is 13.8. The number of piperidine rings is 2. The van der Waals surface area contributed by atoms with E-state index >= 15 is 0 Å². The van der Waals surface area contributed by atoms with E-state index in [9.17, 15) is 14.4 Å². The Morgan fingerprint density at radius 1 is 0.930 bits per heavy atom. The lowest BCUT2D eigenvalue weighted by Crippen LogP contribution is -2.50. The van der Waals surface area contributed by atoms with Crippen LogP contribution in [0.4, 0.5) is 10.5 Å². The zero-order chi connectivity index (χ0) is 29.9. The summed E-state index contributed by atoms with van der Waals surface area (Å²) in [5, 5.41) is 6.12. The first-order chi connectivity index (χ1) is 20.9. The number of nitrogens with one attached hydrogen (secondary N) is 2. The normalized spacial score (nSPS) is 23.8. The summed E-state index contributed by atoms with van der Waals surface area (Å²) >= 11 is 1.66. The van der Waals surface area contributed by atoms with Gasteiger partial charge in [-0.15, -0.1) is 11.8 Å². The van der Waals surface area contributed by atoms with Crippen molar-refractivity contribution in [2.24, 2.45) is 5.92 Å². The summed E-state index contributed by atoms with van der Waals surface area (Å²) in [6, 6.07) is 16.7. The third-order valence-electron chi connectivity index (χ3n) is 9.50. The zero-order valence-corrected chi connectivity index (χ0v) is 26.3. The highest BCUT2D eigenvalue weighted by Crippen LogP contribution is 2.47. The molecule has 3 fully saturated rings. The van der Waals surface area contributed by atoms with Crippen molar-refractivity contribution in [2.75, 3.05) is 44.6 Å². The topological polar surface area (TPSA) is 85.0 Å². The van der Waals surface area contributed by atoms with Crippen molar-refractivity contribution < 1.29 is 14.4 Å². The van der Waals surface area contributed by atoms with Crippen LogP contribution in [0, 0.1) is 5.92 Å². The van der Waals surface area contributed by atoms with Crippen LogP contribution in [0.25, 0.3) is 0 Å². The number of rotatable bonds is 7. The molecule has 4 heterocycles. The van der Waals surface area contributed by atoms with Crippen LogP contribution in [0.3, 0.4) is 0 Å². The highest BCUT2D eigenvalue weighted by Gasteiger charge is 2.44. The molecule has 0 aliphatic carbocycles. The van der Waals surface area contributed by atoms with Crippen LogP contribution in [0.1, 0.15) is 73.9 Å². The van der Waals surface area contributed by atoms with E-state index in [0.29, 0.717) is 38.0 Å². The standard InChI is InChI=1S/C34H45N5O3S/c1-23(2)22-39-32(41)30(43-33(39)28-9-5-4-8-27(28)24-11-16-35-17-12-24)21-31(40)37-18-14-26(15-19-37)38-20-13-25-7-3-6-10-29(25)36-34(38)42/h3-10,23-24,26,30,33,35H,11-22H2,1-2H3,(H,36,42)/t30-,33?/m0/s1. The first-order valence-corrected chi connectivity index (χ1v) is 17.0. The molecule has 43 heavy (non-hydrogen) atoms. The number of amides is 4. The maximum Gasteiger partial charge on any atom is 0.322 e. The molecule has 9 heteroatoms. The molecule has 2 N–H and O–H groups in total. The fourth-order valence-corrected chi connectivity index (χ4v) is 8.74. The molecule has 3 saturated heterocycles. The van der Waals surface area contributed by atoms with Crippen LogP contribution < -0.4 is 10.6 Å². The van der Waals surface area contributed by atoms with E-state index in [1.165, 1.54) is 11.1 Å². The molecule has 1 unspecified atom stereocenters. The molecule has 4 aliphatic rings. The average Bonchev–Trinajstić information content (AvgIpc) is 3.20. The number of hydrogen-bond donors (Lipinski definition) is 2. The second kappa shape index (κ2) is 13.3. The van der Waals surface area contributed by atoms with Crippen molar-refractivity contribution in [1.29, 1.82) is 0 Å². The van der Waals surface area contributed by atoms with E-state index in [0.717, 1.165) is 56.4 Å². The Hall–Kier alpha value is -3.04. The molecule has 4 aliphatic heterocycles. The van der Waals surface area contributed by atoms with Gasteiger partial charge in [-0.05, 0) is 79.8 Å².